The molecule has 2 rings (SSSR count). The Morgan fingerprint density at radius 3 is 2.14 bits per heavy atom. The Morgan fingerprint density at radius 2 is 1.55 bits per heavy atom. The van der Waals surface area contributed by atoms with Crippen molar-refractivity contribution in [3.63, 3.8) is 0 Å². The SMILES string of the molecule is CCCC(=O)N[C@@H](CC(=O)c1ccccc1)c1ccccc1. The van der Waals surface area contributed by atoms with Crippen LogP contribution >= 0.6 is 0 Å². The topological polar surface area (TPSA) is 46.2 Å². The molecule has 1 amide bonds. The highest BCUT2D eigenvalue weighted by atomic mass is 16.1. The highest BCUT2D eigenvalue weighted by molar-refractivity contribution is 5.96. The first-order valence-corrected chi connectivity index (χ1v) is 7.63. The third-order valence-electron chi connectivity index (χ3n) is 3.50. The van der Waals surface area contributed by atoms with E-state index in [-0.39, 0.29) is 24.2 Å². The van der Waals surface area contributed by atoms with Crippen molar-refractivity contribution in [3.8, 4) is 0 Å². The summed E-state index contributed by atoms with van der Waals surface area (Å²) in [6, 6.07) is 18.5. The van der Waals surface area contributed by atoms with E-state index >= 15 is 0 Å². The van der Waals surface area contributed by atoms with Crippen molar-refractivity contribution >= 4 is 11.7 Å². The first-order chi connectivity index (χ1) is 10.7. The van der Waals surface area contributed by atoms with Crippen LogP contribution in [0.25, 0.3) is 0 Å². The van der Waals surface area contributed by atoms with E-state index in [2.05, 4.69) is 5.32 Å². The van der Waals surface area contributed by atoms with Crippen molar-refractivity contribution in [2.75, 3.05) is 0 Å². The Morgan fingerprint density at radius 1 is 0.955 bits per heavy atom. The van der Waals surface area contributed by atoms with E-state index < -0.39 is 0 Å². The summed E-state index contributed by atoms with van der Waals surface area (Å²) in [4.78, 5) is 24.3. The van der Waals surface area contributed by atoms with Gasteiger partial charge < -0.3 is 5.32 Å². The van der Waals surface area contributed by atoms with Gasteiger partial charge in [-0.05, 0) is 12.0 Å². The largest absolute Gasteiger partial charge is 0.349 e. The van der Waals surface area contributed by atoms with Gasteiger partial charge >= 0.3 is 0 Å². The highest BCUT2D eigenvalue weighted by Crippen LogP contribution is 2.19. The number of benzene rings is 2. The predicted molar refractivity (Wildman–Crippen MR) is 87.6 cm³/mol. The Kier molecular flexibility index (Phi) is 5.90. The number of carbonyl (C=O) groups is 2. The summed E-state index contributed by atoms with van der Waals surface area (Å²) in [5, 5.41) is 2.98. The number of carbonyl (C=O) groups excluding carboxylic acids is 2. The van der Waals surface area contributed by atoms with Crippen LogP contribution in [0.3, 0.4) is 0 Å². The molecule has 0 bridgehead atoms. The van der Waals surface area contributed by atoms with E-state index in [0.717, 1.165) is 12.0 Å². The molecule has 0 spiro atoms. The number of amides is 1. The van der Waals surface area contributed by atoms with Crippen LogP contribution in [0.2, 0.25) is 0 Å². The Bertz CT molecular complexity index is 608. The highest BCUT2D eigenvalue weighted by Gasteiger charge is 2.18. The van der Waals surface area contributed by atoms with Gasteiger partial charge in [0.25, 0.3) is 0 Å². The van der Waals surface area contributed by atoms with Crippen LogP contribution in [0.15, 0.2) is 60.7 Å². The van der Waals surface area contributed by atoms with Gasteiger partial charge in [0.05, 0.1) is 6.04 Å². The Hall–Kier alpha value is -2.42. The molecule has 0 fully saturated rings. The number of hydrogen-bond acceptors (Lipinski definition) is 2. The van der Waals surface area contributed by atoms with Crippen molar-refractivity contribution in [2.45, 2.75) is 32.2 Å². The van der Waals surface area contributed by atoms with Gasteiger partial charge in [-0.3, -0.25) is 9.59 Å². The molecule has 114 valence electrons. The molecule has 0 aliphatic heterocycles. The number of Topliss-reactive ketones (excluding diaryl/α,β-unsaturated/α-hetero) is 1. The summed E-state index contributed by atoms with van der Waals surface area (Å²) in [5.74, 6) is 0.0171. The molecule has 3 heteroatoms. The van der Waals surface area contributed by atoms with Gasteiger partial charge in [0.15, 0.2) is 5.78 Å². The van der Waals surface area contributed by atoms with Crippen LogP contribution in [0, 0.1) is 0 Å². The molecule has 0 radical (unpaired) electrons. The maximum absolute atomic E-state index is 12.4. The van der Waals surface area contributed by atoms with Gasteiger partial charge in [0, 0.05) is 18.4 Å². The summed E-state index contributed by atoms with van der Waals surface area (Å²) in [6.45, 7) is 1.96. The van der Waals surface area contributed by atoms with E-state index in [1.54, 1.807) is 12.1 Å². The van der Waals surface area contributed by atoms with E-state index in [0.29, 0.717) is 12.0 Å². The molecule has 2 aromatic carbocycles. The van der Waals surface area contributed by atoms with E-state index in [1.165, 1.54) is 0 Å². The normalized spacial score (nSPS) is 11.7. The molecule has 2 aromatic rings. The fourth-order valence-corrected chi connectivity index (χ4v) is 2.36. The van der Waals surface area contributed by atoms with Crippen molar-refractivity contribution in [3.05, 3.63) is 71.8 Å². The second-order valence-corrected chi connectivity index (χ2v) is 5.27. The van der Waals surface area contributed by atoms with Gasteiger partial charge in [0.2, 0.25) is 5.91 Å². The quantitative estimate of drug-likeness (QED) is 0.787. The molecule has 0 heterocycles. The molecule has 0 aromatic heterocycles. The minimum Gasteiger partial charge on any atom is -0.349 e. The lowest BCUT2D eigenvalue weighted by atomic mass is 9.97. The lowest BCUT2D eigenvalue weighted by Crippen LogP contribution is -2.29. The molecule has 1 atom stereocenters. The minimum atomic E-state index is -0.284. The third-order valence-corrected chi connectivity index (χ3v) is 3.50. The van der Waals surface area contributed by atoms with E-state index in [4.69, 9.17) is 0 Å². The van der Waals surface area contributed by atoms with E-state index in [1.807, 2.05) is 55.5 Å². The molecule has 0 aliphatic rings. The molecule has 0 unspecified atom stereocenters. The van der Waals surface area contributed by atoms with Gasteiger partial charge in [-0.1, -0.05) is 67.6 Å². The fraction of sp³-hybridized carbons (Fsp3) is 0.263. The molecule has 1 N–H and O–H groups in total. The summed E-state index contributed by atoms with van der Waals surface area (Å²) in [5.41, 5.74) is 1.63. The molecular formula is C19H21NO2. The smallest absolute Gasteiger partial charge is 0.220 e. The second-order valence-electron chi connectivity index (χ2n) is 5.27. The van der Waals surface area contributed by atoms with Crippen LogP contribution < -0.4 is 5.32 Å². The number of hydrogen-bond donors (Lipinski definition) is 1. The predicted octanol–water partition coefficient (Wildman–Crippen LogP) is 3.92. The molecule has 0 saturated carbocycles. The van der Waals surface area contributed by atoms with Crippen LogP contribution in [-0.4, -0.2) is 11.7 Å². The Balaban J connectivity index is 2.14. The summed E-state index contributed by atoms with van der Waals surface area (Å²) in [7, 11) is 0. The van der Waals surface area contributed by atoms with Crippen molar-refractivity contribution < 1.29 is 9.59 Å². The molecule has 0 aliphatic carbocycles. The lowest BCUT2D eigenvalue weighted by molar-refractivity contribution is -0.121. The molecule has 22 heavy (non-hydrogen) atoms. The standard InChI is InChI=1S/C19H21NO2/c1-2-9-19(22)20-17(15-10-5-3-6-11-15)14-18(21)16-12-7-4-8-13-16/h3-8,10-13,17H,2,9,14H2,1H3,(H,20,22)/t17-/m0/s1. The zero-order chi connectivity index (χ0) is 15.8. The maximum Gasteiger partial charge on any atom is 0.220 e. The van der Waals surface area contributed by atoms with Crippen LogP contribution in [0.5, 0.6) is 0 Å². The van der Waals surface area contributed by atoms with Crippen LogP contribution in [0.4, 0.5) is 0 Å². The molecule has 0 saturated heterocycles. The van der Waals surface area contributed by atoms with Gasteiger partial charge in [-0.25, -0.2) is 0 Å². The first-order valence-electron chi connectivity index (χ1n) is 7.63. The third kappa shape index (κ3) is 4.55. The zero-order valence-electron chi connectivity index (χ0n) is 12.8. The molecular weight excluding hydrogens is 274 g/mol. The van der Waals surface area contributed by atoms with E-state index in [9.17, 15) is 9.59 Å². The summed E-state index contributed by atoms with van der Waals surface area (Å²) >= 11 is 0. The number of rotatable bonds is 7. The summed E-state index contributed by atoms with van der Waals surface area (Å²) < 4.78 is 0. The van der Waals surface area contributed by atoms with Crippen LogP contribution in [-0.2, 0) is 4.79 Å². The second kappa shape index (κ2) is 8.13. The zero-order valence-corrected chi connectivity index (χ0v) is 12.8. The maximum atomic E-state index is 12.4. The monoisotopic (exact) mass is 295 g/mol. The Labute approximate surface area is 131 Å². The average molecular weight is 295 g/mol. The lowest BCUT2D eigenvalue weighted by Gasteiger charge is -2.18. The summed E-state index contributed by atoms with van der Waals surface area (Å²) in [6.07, 6.45) is 1.53. The van der Waals surface area contributed by atoms with Gasteiger partial charge in [-0.15, -0.1) is 0 Å². The van der Waals surface area contributed by atoms with Gasteiger partial charge in [0.1, 0.15) is 0 Å². The van der Waals surface area contributed by atoms with Gasteiger partial charge in [-0.2, -0.15) is 0 Å². The van der Waals surface area contributed by atoms with Crippen molar-refractivity contribution in [1.29, 1.82) is 0 Å². The number of nitrogens with one attached hydrogen (secondary N) is 1. The minimum absolute atomic E-state index is 0.0165. The van der Waals surface area contributed by atoms with Crippen molar-refractivity contribution in [2.24, 2.45) is 0 Å². The molecule has 3 nitrogen and oxygen atoms in total. The fourth-order valence-electron chi connectivity index (χ4n) is 2.36. The van der Waals surface area contributed by atoms with Crippen molar-refractivity contribution in [1.82, 2.24) is 5.32 Å². The number of ketones is 1. The first kappa shape index (κ1) is 16.0. The average Bonchev–Trinajstić information content (AvgIpc) is 2.56. The van der Waals surface area contributed by atoms with Crippen LogP contribution in [0.1, 0.15) is 48.1 Å².